The van der Waals surface area contributed by atoms with Crippen molar-refractivity contribution >= 4 is 0 Å². The third-order valence-corrected chi connectivity index (χ3v) is 4.81. The van der Waals surface area contributed by atoms with Crippen molar-refractivity contribution < 1.29 is 5.11 Å². The summed E-state index contributed by atoms with van der Waals surface area (Å²) in [5.41, 5.74) is 2.31. The van der Waals surface area contributed by atoms with E-state index < -0.39 is 0 Å². The van der Waals surface area contributed by atoms with Crippen LogP contribution in [0.1, 0.15) is 52.1 Å². The minimum atomic E-state index is 0.141. The molecule has 0 radical (unpaired) electrons. The van der Waals surface area contributed by atoms with E-state index in [0.29, 0.717) is 18.4 Å². The van der Waals surface area contributed by atoms with Crippen LogP contribution < -0.4 is 0 Å². The highest BCUT2D eigenvalue weighted by atomic mass is 16.3. The third-order valence-electron chi connectivity index (χ3n) is 4.81. The molecule has 0 aliphatic carbocycles. The Balaban J connectivity index is 1.71. The van der Waals surface area contributed by atoms with E-state index in [-0.39, 0.29) is 6.61 Å². The molecular formula is C18H32N4O. The Morgan fingerprint density at radius 3 is 2.78 bits per heavy atom. The molecule has 0 spiro atoms. The first kappa shape index (κ1) is 18.1. The van der Waals surface area contributed by atoms with E-state index in [9.17, 15) is 0 Å². The van der Waals surface area contributed by atoms with Gasteiger partial charge in [0.2, 0.25) is 0 Å². The van der Waals surface area contributed by atoms with Gasteiger partial charge >= 0.3 is 0 Å². The van der Waals surface area contributed by atoms with Crippen LogP contribution in [0, 0.1) is 5.92 Å². The first-order chi connectivity index (χ1) is 11.1. The topological polar surface area (TPSA) is 54.2 Å². The Morgan fingerprint density at radius 1 is 1.39 bits per heavy atom. The fraction of sp³-hybridized carbons (Fsp3) is 0.778. The average molecular weight is 320 g/mol. The van der Waals surface area contributed by atoms with E-state index in [1.165, 1.54) is 44.3 Å². The Hall–Kier alpha value is -1.20. The van der Waals surface area contributed by atoms with Crippen molar-refractivity contribution in [2.45, 2.75) is 65.5 Å². The van der Waals surface area contributed by atoms with Gasteiger partial charge in [-0.05, 0) is 65.5 Å². The zero-order valence-electron chi connectivity index (χ0n) is 14.9. The standard InChI is InChI=1S/C18H32N4O/c1-15(2)5-4-6-16(3)21-10-7-17(8-11-21)13-22-14-18(9-12-23)19-20-22/h5,14,16-17,23H,4,6-13H2,1-3H3/t16-/m1/s1. The van der Waals surface area contributed by atoms with Gasteiger partial charge in [0.05, 0.1) is 5.69 Å². The lowest BCUT2D eigenvalue weighted by atomic mass is 9.95. The number of likely N-dealkylation sites (tertiary alicyclic amines) is 1. The summed E-state index contributed by atoms with van der Waals surface area (Å²) in [5.74, 6) is 0.694. The molecule has 2 heterocycles. The molecule has 0 unspecified atom stereocenters. The summed E-state index contributed by atoms with van der Waals surface area (Å²) < 4.78 is 1.95. The first-order valence-corrected chi connectivity index (χ1v) is 8.95. The van der Waals surface area contributed by atoms with Crippen LogP contribution in [0.15, 0.2) is 17.8 Å². The van der Waals surface area contributed by atoms with Crippen molar-refractivity contribution in [2.24, 2.45) is 5.92 Å². The van der Waals surface area contributed by atoms with Crippen molar-refractivity contribution in [3.05, 3.63) is 23.5 Å². The molecule has 0 aromatic carbocycles. The van der Waals surface area contributed by atoms with Gasteiger partial charge in [-0.15, -0.1) is 5.10 Å². The molecule has 1 aliphatic heterocycles. The van der Waals surface area contributed by atoms with Crippen molar-refractivity contribution in [3.8, 4) is 0 Å². The lowest BCUT2D eigenvalue weighted by molar-refractivity contribution is 0.127. The number of aromatic nitrogens is 3. The highest BCUT2D eigenvalue weighted by molar-refractivity contribution is 4.94. The van der Waals surface area contributed by atoms with Gasteiger partial charge in [0.15, 0.2) is 0 Å². The zero-order chi connectivity index (χ0) is 16.7. The van der Waals surface area contributed by atoms with Gasteiger partial charge in [-0.1, -0.05) is 16.9 Å². The number of nitrogens with zero attached hydrogens (tertiary/aromatic N) is 4. The summed E-state index contributed by atoms with van der Waals surface area (Å²) in [6.45, 7) is 10.2. The Labute approximate surface area is 140 Å². The number of rotatable bonds is 8. The molecule has 0 saturated carbocycles. The molecule has 0 amide bonds. The Kier molecular flexibility index (Phi) is 7.24. The van der Waals surface area contributed by atoms with Crippen molar-refractivity contribution in [2.75, 3.05) is 19.7 Å². The summed E-state index contributed by atoms with van der Waals surface area (Å²) in [6.07, 6.45) is 9.84. The highest BCUT2D eigenvalue weighted by Crippen LogP contribution is 2.22. The first-order valence-electron chi connectivity index (χ1n) is 8.95. The smallest absolute Gasteiger partial charge is 0.0849 e. The molecular weight excluding hydrogens is 288 g/mol. The lowest BCUT2D eigenvalue weighted by Crippen LogP contribution is -2.40. The van der Waals surface area contributed by atoms with Gasteiger partial charge in [-0.2, -0.15) is 0 Å². The second-order valence-electron chi connectivity index (χ2n) is 7.09. The molecule has 23 heavy (non-hydrogen) atoms. The summed E-state index contributed by atoms with van der Waals surface area (Å²) in [6, 6.07) is 0.675. The maximum Gasteiger partial charge on any atom is 0.0849 e. The molecule has 130 valence electrons. The second-order valence-corrected chi connectivity index (χ2v) is 7.09. The van der Waals surface area contributed by atoms with E-state index in [4.69, 9.17) is 5.11 Å². The van der Waals surface area contributed by atoms with E-state index in [2.05, 4.69) is 42.1 Å². The van der Waals surface area contributed by atoms with Crippen LogP contribution in [-0.4, -0.2) is 50.7 Å². The summed E-state index contributed by atoms with van der Waals surface area (Å²) in [5, 5.41) is 17.2. The van der Waals surface area contributed by atoms with Crippen molar-refractivity contribution in [1.29, 1.82) is 0 Å². The van der Waals surface area contributed by atoms with Gasteiger partial charge in [-0.3, -0.25) is 4.68 Å². The molecule has 5 nitrogen and oxygen atoms in total. The van der Waals surface area contributed by atoms with Crippen LogP contribution in [0.4, 0.5) is 0 Å². The molecule has 1 saturated heterocycles. The third kappa shape index (κ3) is 6.07. The summed E-state index contributed by atoms with van der Waals surface area (Å²) >= 11 is 0. The Bertz CT molecular complexity index is 485. The number of hydrogen-bond acceptors (Lipinski definition) is 4. The molecule has 0 bridgehead atoms. The zero-order valence-corrected chi connectivity index (χ0v) is 14.9. The fourth-order valence-corrected chi connectivity index (χ4v) is 3.29. The van der Waals surface area contributed by atoms with E-state index in [1.54, 1.807) is 0 Å². The largest absolute Gasteiger partial charge is 0.396 e. The predicted octanol–water partition coefficient (Wildman–Crippen LogP) is 2.66. The molecule has 1 aliphatic rings. The quantitative estimate of drug-likeness (QED) is 0.748. The predicted molar refractivity (Wildman–Crippen MR) is 93.2 cm³/mol. The van der Waals surface area contributed by atoms with Crippen LogP contribution in [0.2, 0.25) is 0 Å². The number of aliphatic hydroxyl groups excluding tert-OH is 1. The minimum Gasteiger partial charge on any atom is -0.396 e. The van der Waals surface area contributed by atoms with Gasteiger partial charge < -0.3 is 10.0 Å². The second kappa shape index (κ2) is 9.18. The number of aliphatic hydroxyl groups is 1. The summed E-state index contributed by atoms with van der Waals surface area (Å²) in [7, 11) is 0. The van der Waals surface area contributed by atoms with Crippen LogP contribution in [0.5, 0.6) is 0 Å². The molecule has 2 rings (SSSR count). The number of allylic oxidation sites excluding steroid dienone is 2. The highest BCUT2D eigenvalue weighted by Gasteiger charge is 2.22. The van der Waals surface area contributed by atoms with Gasteiger partial charge in [0.25, 0.3) is 0 Å². The van der Waals surface area contributed by atoms with Crippen LogP contribution in [0.3, 0.4) is 0 Å². The molecule has 1 aromatic rings. The molecule has 1 atom stereocenters. The van der Waals surface area contributed by atoms with E-state index in [1.807, 2.05) is 10.9 Å². The van der Waals surface area contributed by atoms with E-state index in [0.717, 1.165) is 12.2 Å². The maximum atomic E-state index is 8.94. The van der Waals surface area contributed by atoms with Crippen molar-refractivity contribution in [3.63, 3.8) is 0 Å². The lowest BCUT2D eigenvalue weighted by Gasteiger charge is -2.36. The van der Waals surface area contributed by atoms with Gasteiger partial charge in [0.1, 0.15) is 0 Å². The minimum absolute atomic E-state index is 0.141. The van der Waals surface area contributed by atoms with Crippen LogP contribution >= 0.6 is 0 Å². The Morgan fingerprint density at radius 2 is 2.13 bits per heavy atom. The van der Waals surface area contributed by atoms with Gasteiger partial charge in [0, 0.05) is 31.8 Å². The number of piperidine rings is 1. The SMILES string of the molecule is CC(C)=CCC[C@@H](C)N1CCC(Cn2cc(CCO)nn2)CC1. The van der Waals surface area contributed by atoms with Crippen LogP contribution in [-0.2, 0) is 13.0 Å². The molecule has 1 N–H and O–H groups in total. The number of hydrogen-bond donors (Lipinski definition) is 1. The molecule has 1 fully saturated rings. The molecule has 1 aromatic heterocycles. The fourth-order valence-electron chi connectivity index (χ4n) is 3.29. The normalized spacial score (nSPS) is 18.1. The molecule has 5 heteroatoms. The van der Waals surface area contributed by atoms with E-state index >= 15 is 0 Å². The van der Waals surface area contributed by atoms with Crippen molar-refractivity contribution in [1.82, 2.24) is 19.9 Å². The van der Waals surface area contributed by atoms with Gasteiger partial charge in [-0.25, -0.2) is 0 Å². The summed E-state index contributed by atoms with van der Waals surface area (Å²) in [4.78, 5) is 2.63. The maximum absolute atomic E-state index is 8.94. The average Bonchev–Trinajstić information content (AvgIpc) is 2.95. The monoisotopic (exact) mass is 320 g/mol. The van der Waals surface area contributed by atoms with Crippen LogP contribution in [0.25, 0.3) is 0 Å².